The van der Waals surface area contributed by atoms with E-state index in [1.807, 2.05) is 13.8 Å². The van der Waals surface area contributed by atoms with Gasteiger partial charge in [0.1, 0.15) is 0 Å². The number of carbonyl (C=O) groups excluding carboxylic acids is 1. The van der Waals surface area contributed by atoms with E-state index in [0.29, 0.717) is 36.8 Å². The lowest BCUT2D eigenvalue weighted by Crippen LogP contribution is -2.45. The molecule has 164 valence electrons. The Bertz CT molecular complexity index is 1060. The molecule has 2 fully saturated rings. The molecule has 9 heteroatoms. The summed E-state index contributed by atoms with van der Waals surface area (Å²) in [5.41, 5.74) is 6.55. The maximum absolute atomic E-state index is 13.5. The average molecular weight is 436 g/mol. The lowest BCUT2D eigenvalue weighted by atomic mass is 9.91. The highest BCUT2D eigenvalue weighted by atomic mass is 35.5. The number of fused-ring (bicyclic) bond motifs is 1. The molecule has 8 nitrogen and oxygen atoms in total. The fourth-order valence-corrected chi connectivity index (χ4v) is 4.28. The van der Waals surface area contributed by atoms with E-state index in [0.717, 1.165) is 37.8 Å². The largest absolute Gasteiger partial charge is 0.338 e. The van der Waals surface area contributed by atoms with Gasteiger partial charge >= 0.3 is 5.69 Å². The van der Waals surface area contributed by atoms with Gasteiger partial charge in [-0.3, -0.25) is 19.1 Å². The highest BCUT2D eigenvalue weighted by Gasteiger charge is 2.32. The van der Waals surface area contributed by atoms with E-state index in [2.05, 4.69) is 9.97 Å². The first-order valence-electron chi connectivity index (χ1n) is 10.6. The summed E-state index contributed by atoms with van der Waals surface area (Å²) in [6.07, 6.45) is 4.66. The second-order valence-electron chi connectivity index (χ2n) is 8.49. The Kier molecular flexibility index (Phi) is 6.67. The van der Waals surface area contributed by atoms with Crippen molar-refractivity contribution in [2.24, 2.45) is 11.7 Å². The first-order chi connectivity index (χ1) is 13.9. The van der Waals surface area contributed by atoms with Crippen molar-refractivity contribution in [3.05, 3.63) is 38.2 Å². The summed E-state index contributed by atoms with van der Waals surface area (Å²) < 4.78 is 1.49. The smallest absolute Gasteiger partial charge is 0.329 e. The number of hydrogen-bond donors (Lipinski definition) is 2. The minimum Gasteiger partial charge on any atom is -0.338 e. The van der Waals surface area contributed by atoms with Crippen LogP contribution in [0, 0.1) is 5.92 Å². The van der Waals surface area contributed by atoms with E-state index in [1.165, 1.54) is 4.57 Å². The maximum atomic E-state index is 13.5. The van der Waals surface area contributed by atoms with Gasteiger partial charge in [-0.2, -0.15) is 0 Å². The zero-order chi connectivity index (χ0) is 20.7. The molecule has 1 aliphatic heterocycles. The molecule has 1 saturated heterocycles. The Morgan fingerprint density at radius 3 is 2.70 bits per heavy atom. The number of aromatic amines is 1. The number of aromatic nitrogens is 3. The van der Waals surface area contributed by atoms with Crippen molar-refractivity contribution >= 4 is 29.3 Å². The summed E-state index contributed by atoms with van der Waals surface area (Å²) in [4.78, 5) is 47.5. The molecule has 1 saturated carbocycles. The van der Waals surface area contributed by atoms with E-state index in [1.54, 1.807) is 11.0 Å². The van der Waals surface area contributed by atoms with E-state index < -0.39 is 11.2 Å². The van der Waals surface area contributed by atoms with E-state index in [4.69, 9.17) is 5.73 Å². The van der Waals surface area contributed by atoms with Crippen LogP contribution in [-0.4, -0.2) is 44.5 Å². The van der Waals surface area contributed by atoms with E-state index >= 15 is 0 Å². The van der Waals surface area contributed by atoms with Crippen molar-refractivity contribution in [2.75, 3.05) is 13.1 Å². The van der Waals surface area contributed by atoms with Crippen LogP contribution >= 0.6 is 12.4 Å². The Morgan fingerprint density at radius 1 is 1.33 bits per heavy atom. The predicted molar refractivity (Wildman–Crippen MR) is 118 cm³/mol. The van der Waals surface area contributed by atoms with Crippen molar-refractivity contribution in [3.8, 4) is 0 Å². The van der Waals surface area contributed by atoms with Crippen LogP contribution in [-0.2, 0) is 6.54 Å². The number of pyridine rings is 1. The van der Waals surface area contributed by atoms with Gasteiger partial charge in [-0.25, -0.2) is 9.78 Å². The Balaban J connectivity index is 0.00000256. The zero-order valence-electron chi connectivity index (χ0n) is 17.5. The van der Waals surface area contributed by atoms with Crippen LogP contribution in [0.1, 0.15) is 67.9 Å². The summed E-state index contributed by atoms with van der Waals surface area (Å²) in [6.45, 7) is 5.61. The highest BCUT2D eigenvalue weighted by molar-refractivity contribution is 6.05. The standard InChI is InChI=1S/C21H29N5O3.ClH/c1-3-8-26-18-17(19(27)24-21(26)29)15(10-16(23-18)13-6-7-13)20(28)25-9-4-5-14(11-25)12(2)22;/h10,12-14H,3-9,11,22H2,1-2H3,(H,24,27,29);1H. The fourth-order valence-electron chi connectivity index (χ4n) is 4.28. The molecule has 2 aromatic heterocycles. The SMILES string of the molecule is CCCn1c(=O)[nH]c(=O)c2c(C(=O)N3CCCC(C(C)N)C3)cc(C3CC3)nc21.Cl. The number of carbonyl (C=O) groups is 1. The number of nitrogens with zero attached hydrogens (tertiary/aromatic N) is 3. The minimum atomic E-state index is -0.545. The Labute approximate surface area is 181 Å². The van der Waals surface area contributed by atoms with E-state index in [-0.39, 0.29) is 35.7 Å². The number of nitrogens with one attached hydrogen (secondary N) is 1. The number of likely N-dealkylation sites (tertiary alicyclic amines) is 1. The van der Waals surface area contributed by atoms with Gasteiger partial charge in [0.2, 0.25) is 0 Å². The van der Waals surface area contributed by atoms with Gasteiger partial charge in [0, 0.05) is 37.3 Å². The summed E-state index contributed by atoms with van der Waals surface area (Å²) in [5, 5.41) is 0.218. The summed E-state index contributed by atoms with van der Waals surface area (Å²) in [6, 6.07) is 1.79. The number of rotatable bonds is 5. The van der Waals surface area contributed by atoms with Crippen LogP contribution in [0.4, 0.5) is 0 Å². The molecule has 2 atom stereocenters. The maximum Gasteiger partial charge on any atom is 0.329 e. The Morgan fingerprint density at radius 2 is 2.07 bits per heavy atom. The van der Waals surface area contributed by atoms with Crippen molar-refractivity contribution in [2.45, 2.75) is 64.5 Å². The summed E-state index contributed by atoms with van der Waals surface area (Å²) in [5.74, 6) is 0.380. The third kappa shape index (κ3) is 4.16. The van der Waals surface area contributed by atoms with E-state index in [9.17, 15) is 14.4 Å². The molecule has 1 aliphatic carbocycles. The quantitative estimate of drug-likeness (QED) is 0.745. The monoisotopic (exact) mass is 435 g/mol. The first kappa shape index (κ1) is 22.5. The molecule has 2 unspecified atom stereocenters. The number of piperidine rings is 1. The van der Waals surface area contributed by atoms with Crippen molar-refractivity contribution < 1.29 is 4.79 Å². The van der Waals surface area contributed by atoms with Crippen LogP contribution in [0.5, 0.6) is 0 Å². The lowest BCUT2D eigenvalue weighted by Gasteiger charge is -2.34. The molecule has 0 spiro atoms. The lowest BCUT2D eigenvalue weighted by molar-refractivity contribution is 0.0662. The normalized spacial score (nSPS) is 20.1. The van der Waals surface area contributed by atoms with Crippen LogP contribution in [0.3, 0.4) is 0 Å². The van der Waals surface area contributed by atoms with Crippen LogP contribution in [0.25, 0.3) is 11.0 Å². The molecular weight excluding hydrogens is 406 g/mol. The zero-order valence-corrected chi connectivity index (χ0v) is 18.3. The summed E-state index contributed by atoms with van der Waals surface area (Å²) in [7, 11) is 0. The third-order valence-electron chi connectivity index (χ3n) is 6.13. The molecule has 2 aromatic rings. The van der Waals surface area contributed by atoms with Gasteiger partial charge in [-0.05, 0) is 51.0 Å². The number of halogens is 1. The highest BCUT2D eigenvalue weighted by Crippen LogP contribution is 2.40. The van der Waals surface area contributed by atoms with Gasteiger partial charge in [0.05, 0.1) is 10.9 Å². The first-order valence-corrected chi connectivity index (χ1v) is 10.6. The molecule has 0 aromatic carbocycles. The Hall–Kier alpha value is -2.19. The topological polar surface area (TPSA) is 114 Å². The second-order valence-corrected chi connectivity index (χ2v) is 8.49. The molecule has 1 amide bonds. The van der Waals surface area contributed by atoms with Crippen molar-refractivity contribution in [1.82, 2.24) is 19.4 Å². The second kappa shape index (κ2) is 8.89. The molecule has 2 aliphatic rings. The molecule has 4 rings (SSSR count). The number of hydrogen-bond acceptors (Lipinski definition) is 5. The molecule has 3 heterocycles. The van der Waals surface area contributed by atoms with Gasteiger partial charge in [-0.15, -0.1) is 12.4 Å². The number of aryl methyl sites for hydroxylation is 1. The predicted octanol–water partition coefficient (Wildman–Crippen LogP) is 1.99. The number of H-pyrrole nitrogens is 1. The molecular formula is C21H30ClN5O3. The number of amides is 1. The van der Waals surface area contributed by atoms with Gasteiger partial charge in [0.25, 0.3) is 11.5 Å². The van der Waals surface area contributed by atoms with Gasteiger partial charge in [-0.1, -0.05) is 6.92 Å². The minimum absolute atomic E-state index is 0. The van der Waals surface area contributed by atoms with Gasteiger partial charge < -0.3 is 10.6 Å². The molecule has 0 radical (unpaired) electrons. The average Bonchev–Trinajstić information content (AvgIpc) is 3.55. The van der Waals surface area contributed by atoms with Crippen LogP contribution in [0.2, 0.25) is 0 Å². The van der Waals surface area contributed by atoms with Crippen LogP contribution < -0.4 is 17.0 Å². The van der Waals surface area contributed by atoms with Crippen LogP contribution in [0.15, 0.2) is 15.7 Å². The summed E-state index contributed by atoms with van der Waals surface area (Å²) >= 11 is 0. The number of nitrogens with two attached hydrogens (primary N) is 1. The third-order valence-corrected chi connectivity index (χ3v) is 6.13. The van der Waals surface area contributed by atoms with Gasteiger partial charge in [0.15, 0.2) is 5.65 Å². The van der Waals surface area contributed by atoms with Crippen molar-refractivity contribution in [1.29, 1.82) is 0 Å². The molecule has 30 heavy (non-hydrogen) atoms. The van der Waals surface area contributed by atoms with Crippen molar-refractivity contribution in [3.63, 3.8) is 0 Å². The molecule has 0 bridgehead atoms. The fraction of sp³-hybridized carbons (Fsp3) is 0.619. The molecule has 3 N–H and O–H groups in total.